The molecule has 0 aliphatic carbocycles. The van der Waals surface area contributed by atoms with Gasteiger partial charge >= 0.3 is 0 Å². The predicted molar refractivity (Wildman–Crippen MR) is 111 cm³/mol. The predicted octanol–water partition coefficient (Wildman–Crippen LogP) is 2.88. The van der Waals surface area contributed by atoms with E-state index in [9.17, 15) is 9.59 Å². The van der Waals surface area contributed by atoms with E-state index in [1.54, 1.807) is 49.5 Å². The molecule has 29 heavy (non-hydrogen) atoms. The molecule has 0 aliphatic heterocycles. The second-order valence-corrected chi connectivity index (χ2v) is 6.21. The Morgan fingerprint density at radius 3 is 2.34 bits per heavy atom. The normalized spacial score (nSPS) is 10.2. The van der Waals surface area contributed by atoms with E-state index in [4.69, 9.17) is 14.2 Å². The van der Waals surface area contributed by atoms with Crippen LogP contribution in [0, 0.1) is 0 Å². The molecule has 7 heteroatoms. The number of para-hydroxylation sites is 1. The van der Waals surface area contributed by atoms with Crippen molar-refractivity contribution in [1.29, 1.82) is 0 Å². The van der Waals surface area contributed by atoms with Crippen LogP contribution in [0.1, 0.15) is 29.8 Å². The fourth-order valence-electron chi connectivity index (χ4n) is 2.87. The Morgan fingerprint density at radius 1 is 0.966 bits per heavy atom. The van der Waals surface area contributed by atoms with Crippen molar-refractivity contribution in [3.05, 3.63) is 53.6 Å². The lowest BCUT2D eigenvalue weighted by molar-refractivity contribution is -0.130. The van der Waals surface area contributed by atoms with Gasteiger partial charge in [-0.25, -0.2) is 0 Å². The van der Waals surface area contributed by atoms with Crippen LogP contribution < -0.4 is 19.5 Å². The van der Waals surface area contributed by atoms with E-state index in [2.05, 4.69) is 5.32 Å². The van der Waals surface area contributed by atoms with Gasteiger partial charge in [0.1, 0.15) is 5.75 Å². The molecule has 0 atom stereocenters. The number of amides is 2. The van der Waals surface area contributed by atoms with Crippen LogP contribution in [0.25, 0.3) is 0 Å². The maximum absolute atomic E-state index is 12.6. The zero-order valence-electron chi connectivity index (χ0n) is 17.4. The fraction of sp³-hybridized carbons (Fsp3) is 0.364. The minimum atomic E-state index is -0.343. The summed E-state index contributed by atoms with van der Waals surface area (Å²) < 4.78 is 16.0. The lowest BCUT2D eigenvalue weighted by Gasteiger charge is -2.22. The number of hydrogen-bond donors (Lipinski definition) is 1. The van der Waals surface area contributed by atoms with E-state index in [0.29, 0.717) is 42.5 Å². The van der Waals surface area contributed by atoms with Gasteiger partial charge in [0.15, 0.2) is 11.5 Å². The third kappa shape index (κ3) is 5.88. The second-order valence-electron chi connectivity index (χ2n) is 6.21. The number of nitrogens with zero attached hydrogens (tertiary/aromatic N) is 1. The van der Waals surface area contributed by atoms with E-state index in [1.165, 1.54) is 0 Å². The lowest BCUT2D eigenvalue weighted by atomic mass is 10.1. The molecule has 2 aromatic rings. The molecule has 2 amide bonds. The summed E-state index contributed by atoms with van der Waals surface area (Å²) in [7, 11) is 3.14. The lowest BCUT2D eigenvalue weighted by Crippen LogP contribution is -2.39. The molecule has 0 saturated carbocycles. The number of carbonyl (C=O) groups is 2. The van der Waals surface area contributed by atoms with Gasteiger partial charge in [-0.05, 0) is 43.7 Å². The number of rotatable bonds is 10. The third-order valence-corrected chi connectivity index (χ3v) is 4.39. The van der Waals surface area contributed by atoms with E-state index in [0.717, 1.165) is 5.56 Å². The van der Waals surface area contributed by atoms with Gasteiger partial charge in [-0.2, -0.15) is 0 Å². The summed E-state index contributed by atoms with van der Waals surface area (Å²) in [6.45, 7) is 5.02. The minimum Gasteiger partial charge on any atom is -0.493 e. The first-order valence-electron chi connectivity index (χ1n) is 9.52. The molecule has 0 bridgehead atoms. The Kier molecular flexibility index (Phi) is 8.33. The van der Waals surface area contributed by atoms with E-state index < -0.39 is 0 Å². The summed E-state index contributed by atoms with van der Waals surface area (Å²) >= 11 is 0. The highest BCUT2D eigenvalue weighted by atomic mass is 16.5. The van der Waals surface area contributed by atoms with Gasteiger partial charge in [0.05, 0.1) is 32.9 Å². The molecule has 0 fully saturated rings. The van der Waals surface area contributed by atoms with Crippen molar-refractivity contribution in [2.24, 2.45) is 0 Å². The zero-order chi connectivity index (χ0) is 21.2. The number of carbonyl (C=O) groups excluding carboxylic acids is 2. The summed E-state index contributed by atoms with van der Waals surface area (Å²) in [4.78, 5) is 26.8. The molecule has 2 aromatic carbocycles. The first-order chi connectivity index (χ1) is 14.0. The summed E-state index contributed by atoms with van der Waals surface area (Å²) in [6, 6.07) is 12.5. The maximum Gasteiger partial charge on any atom is 0.255 e. The number of methoxy groups -OCH3 is 2. The summed E-state index contributed by atoms with van der Waals surface area (Å²) in [5.41, 5.74) is 1.32. The van der Waals surface area contributed by atoms with Crippen LogP contribution >= 0.6 is 0 Å². The number of likely N-dealkylation sites (N-methyl/N-ethyl adjacent to an activating group) is 1. The average molecular weight is 400 g/mol. The number of hydrogen-bond acceptors (Lipinski definition) is 5. The van der Waals surface area contributed by atoms with Crippen molar-refractivity contribution in [1.82, 2.24) is 10.2 Å². The van der Waals surface area contributed by atoms with Crippen LogP contribution in [-0.2, 0) is 11.3 Å². The number of nitrogens with one attached hydrogen (secondary N) is 1. The Morgan fingerprint density at radius 2 is 1.69 bits per heavy atom. The summed E-state index contributed by atoms with van der Waals surface area (Å²) in [5.74, 6) is 1.21. The SMILES string of the molecule is CCOc1ccccc1C(=O)NCC(=O)N(CC)Cc1ccc(OC)c(OC)c1. The van der Waals surface area contributed by atoms with Gasteiger partial charge < -0.3 is 24.4 Å². The molecule has 7 nitrogen and oxygen atoms in total. The van der Waals surface area contributed by atoms with Crippen LogP contribution in [-0.4, -0.2) is 50.6 Å². The molecule has 2 rings (SSSR count). The Labute approximate surface area is 171 Å². The fourth-order valence-corrected chi connectivity index (χ4v) is 2.87. The van der Waals surface area contributed by atoms with Gasteiger partial charge in [0, 0.05) is 13.1 Å². The molecule has 0 radical (unpaired) electrons. The maximum atomic E-state index is 12.6. The van der Waals surface area contributed by atoms with E-state index >= 15 is 0 Å². The van der Waals surface area contributed by atoms with Crippen molar-refractivity contribution < 1.29 is 23.8 Å². The van der Waals surface area contributed by atoms with Crippen LogP contribution in [0.3, 0.4) is 0 Å². The topological polar surface area (TPSA) is 77.1 Å². The number of benzene rings is 2. The molecular formula is C22H28N2O5. The molecule has 156 valence electrons. The summed E-state index contributed by atoms with van der Waals surface area (Å²) in [5, 5.41) is 2.68. The largest absolute Gasteiger partial charge is 0.493 e. The highest BCUT2D eigenvalue weighted by Gasteiger charge is 2.17. The highest BCUT2D eigenvalue weighted by Crippen LogP contribution is 2.28. The van der Waals surface area contributed by atoms with Crippen molar-refractivity contribution in [3.8, 4) is 17.2 Å². The highest BCUT2D eigenvalue weighted by molar-refractivity contribution is 5.98. The van der Waals surface area contributed by atoms with Gasteiger partial charge in [-0.3, -0.25) is 9.59 Å². The Hall–Kier alpha value is -3.22. The smallest absolute Gasteiger partial charge is 0.255 e. The first kappa shape index (κ1) is 22.1. The standard InChI is InChI=1S/C22H28N2O5/c1-5-24(15-16-11-12-19(27-3)20(13-16)28-4)21(25)14-23-22(26)17-9-7-8-10-18(17)29-6-2/h7-13H,5-6,14-15H2,1-4H3,(H,23,26). The average Bonchev–Trinajstić information content (AvgIpc) is 2.75. The molecule has 0 unspecified atom stereocenters. The molecule has 0 aliphatic rings. The van der Waals surface area contributed by atoms with Crippen LogP contribution in [0.2, 0.25) is 0 Å². The first-order valence-corrected chi connectivity index (χ1v) is 9.52. The van der Waals surface area contributed by atoms with Crippen molar-refractivity contribution >= 4 is 11.8 Å². The van der Waals surface area contributed by atoms with Gasteiger partial charge in [0.25, 0.3) is 5.91 Å². The quantitative estimate of drug-likeness (QED) is 0.664. The Bertz CT molecular complexity index is 838. The van der Waals surface area contributed by atoms with Crippen molar-refractivity contribution in [2.45, 2.75) is 20.4 Å². The zero-order valence-corrected chi connectivity index (χ0v) is 17.4. The molecule has 0 aromatic heterocycles. The van der Waals surface area contributed by atoms with Crippen molar-refractivity contribution in [2.75, 3.05) is 33.9 Å². The van der Waals surface area contributed by atoms with E-state index in [-0.39, 0.29) is 18.4 Å². The second kappa shape index (κ2) is 10.9. The monoisotopic (exact) mass is 400 g/mol. The summed E-state index contributed by atoms with van der Waals surface area (Å²) in [6.07, 6.45) is 0. The number of ether oxygens (including phenoxy) is 3. The van der Waals surface area contributed by atoms with Crippen LogP contribution in [0.15, 0.2) is 42.5 Å². The van der Waals surface area contributed by atoms with Gasteiger partial charge in [0.2, 0.25) is 5.91 Å². The molecule has 0 spiro atoms. The molecule has 0 saturated heterocycles. The van der Waals surface area contributed by atoms with Crippen LogP contribution in [0.4, 0.5) is 0 Å². The van der Waals surface area contributed by atoms with Crippen molar-refractivity contribution in [3.63, 3.8) is 0 Å². The molecular weight excluding hydrogens is 372 g/mol. The Balaban J connectivity index is 2.01. The van der Waals surface area contributed by atoms with Gasteiger partial charge in [-0.15, -0.1) is 0 Å². The third-order valence-electron chi connectivity index (χ3n) is 4.39. The molecule has 0 heterocycles. The minimum absolute atomic E-state index is 0.0968. The molecule has 1 N–H and O–H groups in total. The van der Waals surface area contributed by atoms with Crippen LogP contribution in [0.5, 0.6) is 17.2 Å². The van der Waals surface area contributed by atoms with Gasteiger partial charge in [-0.1, -0.05) is 18.2 Å². The van der Waals surface area contributed by atoms with E-state index in [1.807, 2.05) is 26.0 Å².